The molecule has 0 saturated carbocycles. The summed E-state index contributed by atoms with van der Waals surface area (Å²) in [6, 6.07) is 0. The van der Waals surface area contributed by atoms with Crippen molar-refractivity contribution in [3.8, 4) is 0 Å². The van der Waals surface area contributed by atoms with E-state index in [9.17, 15) is 0 Å². The Morgan fingerprint density at radius 1 is 1.08 bits per heavy atom. The Balaban J connectivity index is 3.81. The normalized spacial score (nSPS) is 15.6. The maximum absolute atomic E-state index is 5.45. The van der Waals surface area contributed by atoms with Gasteiger partial charge in [-0.15, -0.1) is 0 Å². The molecule has 72 valence electrons. The number of hydrogen-bond donors (Lipinski definition) is 0. The quantitative estimate of drug-likeness (QED) is 0.323. The Bertz CT molecular complexity index is 125. The third kappa shape index (κ3) is 4.88. The van der Waals surface area contributed by atoms with Crippen LogP contribution in [0.1, 0.15) is 0 Å². The third-order valence-electron chi connectivity index (χ3n) is 1.23. The molecule has 0 radical (unpaired) electrons. The second-order valence-electron chi connectivity index (χ2n) is 2.14. The van der Waals surface area contributed by atoms with Crippen LogP contribution in [0.3, 0.4) is 0 Å². The second kappa shape index (κ2) is 7.74. The zero-order chi connectivity index (χ0) is 9.40. The molecule has 0 saturated heterocycles. The standard InChI is InChI=1S/C6H18O3Si3/c1-5(7-10-2)6(8-11-3)9-12-4/h6H,1,10-12H2,2-4H3. The van der Waals surface area contributed by atoms with E-state index in [2.05, 4.69) is 26.2 Å². The molecule has 0 heterocycles. The largest absolute Gasteiger partial charge is 0.549 e. The van der Waals surface area contributed by atoms with E-state index in [1.54, 1.807) is 0 Å². The van der Waals surface area contributed by atoms with Crippen molar-refractivity contribution in [1.29, 1.82) is 0 Å². The smallest absolute Gasteiger partial charge is 0.216 e. The molecule has 0 aliphatic heterocycles. The van der Waals surface area contributed by atoms with Gasteiger partial charge in [-0.2, -0.15) is 0 Å². The first-order valence-electron chi connectivity index (χ1n) is 4.31. The van der Waals surface area contributed by atoms with Crippen LogP contribution < -0.4 is 0 Å². The van der Waals surface area contributed by atoms with E-state index in [1.807, 2.05) is 0 Å². The summed E-state index contributed by atoms with van der Waals surface area (Å²) in [5.74, 6) is 0.674. The Morgan fingerprint density at radius 3 is 1.92 bits per heavy atom. The topological polar surface area (TPSA) is 27.7 Å². The van der Waals surface area contributed by atoms with E-state index in [-0.39, 0.29) is 6.29 Å². The Hall–Kier alpha value is 0.111. The summed E-state index contributed by atoms with van der Waals surface area (Å²) in [5.41, 5.74) is 0. The van der Waals surface area contributed by atoms with E-state index >= 15 is 0 Å². The van der Waals surface area contributed by atoms with Gasteiger partial charge in [-0.05, 0) is 6.55 Å². The Morgan fingerprint density at radius 2 is 1.58 bits per heavy atom. The fourth-order valence-corrected chi connectivity index (χ4v) is 2.66. The fourth-order valence-electron chi connectivity index (χ4n) is 0.790. The molecule has 0 aromatic rings. The van der Waals surface area contributed by atoms with Crippen molar-refractivity contribution in [3.63, 3.8) is 0 Å². The van der Waals surface area contributed by atoms with E-state index in [4.69, 9.17) is 13.3 Å². The van der Waals surface area contributed by atoms with Crippen LogP contribution in [0.4, 0.5) is 0 Å². The predicted octanol–water partition coefficient (Wildman–Crippen LogP) is -0.728. The molecule has 0 N–H and O–H groups in total. The Kier molecular flexibility index (Phi) is 7.82. The van der Waals surface area contributed by atoms with Crippen molar-refractivity contribution < 1.29 is 13.3 Å². The average molecular weight is 222 g/mol. The lowest BCUT2D eigenvalue weighted by molar-refractivity contribution is 0.0166. The van der Waals surface area contributed by atoms with Gasteiger partial charge in [-0.25, -0.2) is 0 Å². The van der Waals surface area contributed by atoms with Gasteiger partial charge in [0, 0.05) is 0 Å². The van der Waals surface area contributed by atoms with Gasteiger partial charge in [0.1, 0.15) is 5.76 Å². The third-order valence-corrected chi connectivity index (χ3v) is 3.16. The molecule has 0 aliphatic carbocycles. The summed E-state index contributed by atoms with van der Waals surface area (Å²) < 4.78 is 16.2. The highest BCUT2D eigenvalue weighted by molar-refractivity contribution is 6.26. The molecule has 0 fully saturated rings. The van der Waals surface area contributed by atoms with Gasteiger partial charge in [0.2, 0.25) is 9.76 Å². The molecule has 0 amide bonds. The van der Waals surface area contributed by atoms with Gasteiger partial charge in [-0.3, -0.25) is 0 Å². The monoisotopic (exact) mass is 222 g/mol. The van der Waals surface area contributed by atoms with Crippen molar-refractivity contribution in [2.24, 2.45) is 0 Å². The lowest BCUT2D eigenvalue weighted by Gasteiger charge is -2.20. The SMILES string of the molecule is C=C(O[SiH2]C)C(O[SiH2]C)O[SiH2]C. The minimum atomic E-state index is -0.442. The van der Waals surface area contributed by atoms with Gasteiger partial charge in [0.25, 0.3) is 0 Å². The minimum Gasteiger partial charge on any atom is -0.549 e. The molecule has 6 heteroatoms. The summed E-state index contributed by atoms with van der Waals surface area (Å²) in [6.07, 6.45) is -0.259. The molecular weight excluding hydrogens is 204 g/mol. The van der Waals surface area contributed by atoms with E-state index < -0.39 is 29.3 Å². The van der Waals surface area contributed by atoms with Crippen LogP contribution in [0, 0.1) is 0 Å². The molecule has 0 aromatic heterocycles. The first-order chi connectivity index (χ1) is 5.76. The molecule has 0 aromatic carbocycles. The molecule has 0 unspecified atom stereocenters. The second-order valence-corrected chi connectivity index (χ2v) is 4.83. The van der Waals surface area contributed by atoms with E-state index in [0.29, 0.717) is 5.76 Å². The summed E-state index contributed by atoms with van der Waals surface area (Å²) in [6.45, 7) is 10.0. The van der Waals surface area contributed by atoms with Crippen LogP contribution in [-0.2, 0) is 13.3 Å². The number of rotatable bonds is 7. The van der Waals surface area contributed by atoms with Crippen molar-refractivity contribution in [2.75, 3.05) is 0 Å². The van der Waals surface area contributed by atoms with Crippen molar-refractivity contribution in [1.82, 2.24) is 0 Å². The fraction of sp³-hybridized carbons (Fsp3) is 0.667. The average Bonchev–Trinajstić information content (AvgIpc) is 2.04. The highest BCUT2D eigenvalue weighted by atomic mass is 28.2. The maximum Gasteiger partial charge on any atom is 0.216 e. The number of hydrogen-bond acceptors (Lipinski definition) is 3. The van der Waals surface area contributed by atoms with Gasteiger partial charge in [0.15, 0.2) is 25.8 Å². The van der Waals surface area contributed by atoms with Crippen LogP contribution in [0.2, 0.25) is 19.6 Å². The molecular formula is C6H18O3Si3. The molecule has 0 aliphatic rings. The van der Waals surface area contributed by atoms with Gasteiger partial charge in [-0.1, -0.05) is 19.7 Å². The first kappa shape index (κ1) is 12.1. The lowest BCUT2D eigenvalue weighted by atomic mass is 10.6. The maximum atomic E-state index is 5.45. The lowest BCUT2D eigenvalue weighted by Crippen LogP contribution is -2.23. The zero-order valence-electron chi connectivity index (χ0n) is 8.13. The minimum absolute atomic E-state index is 0.259. The van der Waals surface area contributed by atoms with Gasteiger partial charge in [0.05, 0.1) is 0 Å². The highest BCUT2D eigenvalue weighted by Crippen LogP contribution is 2.06. The molecule has 0 bridgehead atoms. The first-order valence-corrected chi connectivity index (χ1v) is 10.3. The predicted molar refractivity (Wildman–Crippen MR) is 59.4 cm³/mol. The van der Waals surface area contributed by atoms with Crippen LogP contribution >= 0.6 is 0 Å². The van der Waals surface area contributed by atoms with Crippen LogP contribution in [0.15, 0.2) is 12.3 Å². The molecule has 0 spiro atoms. The van der Waals surface area contributed by atoms with Crippen LogP contribution in [-0.4, -0.2) is 35.6 Å². The zero-order valence-corrected chi connectivity index (χ0v) is 12.4. The van der Waals surface area contributed by atoms with Crippen LogP contribution in [0.25, 0.3) is 0 Å². The Labute approximate surface area is 81.3 Å². The van der Waals surface area contributed by atoms with Crippen molar-refractivity contribution in [3.05, 3.63) is 12.3 Å². The van der Waals surface area contributed by atoms with Crippen molar-refractivity contribution >= 4 is 29.3 Å². The van der Waals surface area contributed by atoms with E-state index in [1.165, 1.54) is 0 Å². The van der Waals surface area contributed by atoms with Gasteiger partial charge < -0.3 is 13.3 Å². The summed E-state index contributed by atoms with van der Waals surface area (Å²) >= 11 is 0. The molecule has 0 atom stereocenters. The summed E-state index contributed by atoms with van der Waals surface area (Å²) in [7, 11) is -1.32. The molecule has 12 heavy (non-hydrogen) atoms. The highest BCUT2D eigenvalue weighted by Gasteiger charge is 2.11. The molecule has 0 rings (SSSR count). The van der Waals surface area contributed by atoms with E-state index in [0.717, 1.165) is 0 Å². The summed E-state index contributed by atoms with van der Waals surface area (Å²) in [5, 5.41) is 0. The molecule has 3 nitrogen and oxygen atoms in total. The van der Waals surface area contributed by atoms with Crippen LogP contribution in [0.5, 0.6) is 0 Å². The van der Waals surface area contributed by atoms with Crippen molar-refractivity contribution in [2.45, 2.75) is 25.9 Å². The van der Waals surface area contributed by atoms with Gasteiger partial charge >= 0.3 is 0 Å². The summed E-state index contributed by atoms with van der Waals surface area (Å²) in [4.78, 5) is 0.